The lowest BCUT2D eigenvalue weighted by atomic mass is 10.7. The molecule has 88 valence electrons. The van der Waals surface area contributed by atoms with E-state index in [1.165, 1.54) is 13.8 Å². The predicted molar refractivity (Wildman–Crippen MR) is 60.4 cm³/mol. The second kappa shape index (κ2) is 6.61. The third-order valence-electron chi connectivity index (χ3n) is 2.17. The van der Waals surface area contributed by atoms with Crippen LogP contribution in [-0.2, 0) is 19.1 Å². The zero-order valence-electron chi connectivity index (χ0n) is 9.96. The number of hydrogen-bond acceptors (Lipinski definition) is 4. The van der Waals surface area contributed by atoms with Crippen LogP contribution < -0.4 is 0 Å². The Morgan fingerprint density at radius 2 is 1.27 bits per heavy atom. The van der Waals surface area contributed by atoms with Crippen molar-refractivity contribution in [2.24, 2.45) is 0 Å². The normalized spacial score (nSPS) is 10.9. The van der Waals surface area contributed by atoms with Gasteiger partial charge in [-0.15, -0.1) is 0 Å². The van der Waals surface area contributed by atoms with Crippen molar-refractivity contribution in [1.82, 2.24) is 0 Å². The molecule has 0 atom stereocenters. The van der Waals surface area contributed by atoms with Crippen molar-refractivity contribution in [2.75, 3.05) is 13.2 Å². The van der Waals surface area contributed by atoms with Crippen molar-refractivity contribution in [3.05, 3.63) is 0 Å². The van der Waals surface area contributed by atoms with Crippen molar-refractivity contribution in [1.29, 1.82) is 0 Å². The molecule has 0 aliphatic rings. The second-order valence-electron chi connectivity index (χ2n) is 4.34. The summed E-state index contributed by atoms with van der Waals surface area (Å²) >= 11 is 0. The van der Waals surface area contributed by atoms with E-state index in [0.717, 1.165) is 12.1 Å². The van der Waals surface area contributed by atoms with Crippen LogP contribution in [0.4, 0.5) is 0 Å². The Morgan fingerprint density at radius 1 is 0.933 bits per heavy atom. The minimum Gasteiger partial charge on any atom is -0.466 e. The van der Waals surface area contributed by atoms with Crippen LogP contribution >= 0.6 is 0 Å². The average Bonchev–Trinajstić information content (AvgIpc) is 2.01. The fourth-order valence-electron chi connectivity index (χ4n) is 1.07. The van der Waals surface area contributed by atoms with Gasteiger partial charge in [-0.05, 0) is 12.1 Å². The van der Waals surface area contributed by atoms with Gasteiger partial charge in [-0.25, -0.2) is 0 Å². The number of carbonyl (C=O) groups excluding carboxylic acids is 2. The number of esters is 2. The van der Waals surface area contributed by atoms with Gasteiger partial charge < -0.3 is 9.47 Å². The Labute approximate surface area is 92.0 Å². The lowest BCUT2D eigenvalue weighted by molar-refractivity contribution is -0.141. The molecule has 0 unspecified atom stereocenters. The molecular formula is C10H20O4Si. The molecule has 4 nitrogen and oxygen atoms in total. The Bertz CT molecular complexity index is 203. The van der Waals surface area contributed by atoms with Gasteiger partial charge in [0, 0.05) is 13.8 Å². The van der Waals surface area contributed by atoms with E-state index in [2.05, 4.69) is 13.1 Å². The SMILES string of the molecule is CC(=O)OCC[Si](C)(C)CCOC(C)=O. The van der Waals surface area contributed by atoms with Crippen LogP contribution in [0.15, 0.2) is 0 Å². The highest BCUT2D eigenvalue weighted by Crippen LogP contribution is 2.15. The molecular weight excluding hydrogens is 212 g/mol. The summed E-state index contributed by atoms with van der Waals surface area (Å²) in [5, 5.41) is 0. The highest BCUT2D eigenvalue weighted by Gasteiger charge is 2.20. The number of hydrogen-bond donors (Lipinski definition) is 0. The van der Waals surface area contributed by atoms with E-state index in [-0.39, 0.29) is 11.9 Å². The van der Waals surface area contributed by atoms with Gasteiger partial charge in [-0.1, -0.05) is 13.1 Å². The van der Waals surface area contributed by atoms with Gasteiger partial charge >= 0.3 is 11.9 Å². The number of ether oxygens (including phenoxy) is 2. The maximum atomic E-state index is 10.6. The van der Waals surface area contributed by atoms with E-state index in [0.29, 0.717) is 13.2 Å². The minimum atomic E-state index is -1.39. The molecule has 15 heavy (non-hydrogen) atoms. The summed E-state index contributed by atoms with van der Waals surface area (Å²) in [4.78, 5) is 21.1. The van der Waals surface area contributed by atoms with Crippen LogP contribution in [0.1, 0.15) is 13.8 Å². The van der Waals surface area contributed by atoms with Crippen LogP contribution in [-0.4, -0.2) is 33.2 Å². The Balaban J connectivity index is 3.66. The standard InChI is InChI=1S/C10H20O4Si/c1-9(11)13-5-7-15(3,4)8-6-14-10(2)12/h5-8H2,1-4H3. The van der Waals surface area contributed by atoms with Crippen LogP contribution in [0.2, 0.25) is 25.2 Å². The van der Waals surface area contributed by atoms with Gasteiger partial charge in [-0.2, -0.15) is 0 Å². The van der Waals surface area contributed by atoms with Gasteiger partial charge in [-0.3, -0.25) is 9.59 Å². The smallest absolute Gasteiger partial charge is 0.302 e. The molecule has 0 amide bonds. The lowest BCUT2D eigenvalue weighted by Gasteiger charge is -2.21. The van der Waals surface area contributed by atoms with Crippen molar-refractivity contribution >= 4 is 20.0 Å². The third kappa shape index (κ3) is 9.46. The van der Waals surface area contributed by atoms with Gasteiger partial charge in [0.05, 0.1) is 21.3 Å². The molecule has 0 heterocycles. The van der Waals surface area contributed by atoms with E-state index in [1.54, 1.807) is 0 Å². The van der Waals surface area contributed by atoms with E-state index >= 15 is 0 Å². The van der Waals surface area contributed by atoms with E-state index in [4.69, 9.17) is 9.47 Å². The van der Waals surface area contributed by atoms with E-state index in [1.807, 2.05) is 0 Å². The monoisotopic (exact) mass is 232 g/mol. The highest BCUT2D eigenvalue weighted by atomic mass is 28.3. The fourth-order valence-corrected chi connectivity index (χ4v) is 2.63. The van der Waals surface area contributed by atoms with Crippen LogP contribution in [0.25, 0.3) is 0 Å². The first kappa shape index (κ1) is 14.2. The van der Waals surface area contributed by atoms with Crippen LogP contribution in [0, 0.1) is 0 Å². The lowest BCUT2D eigenvalue weighted by Crippen LogP contribution is -2.29. The van der Waals surface area contributed by atoms with E-state index in [9.17, 15) is 9.59 Å². The molecule has 0 aromatic heterocycles. The van der Waals surface area contributed by atoms with Crippen LogP contribution in [0.5, 0.6) is 0 Å². The summed E-state index contributed by atoms with van der Waals surface area (Å²) in [6.07, 6.45) is 0. The van der Waals surface area contributed by atoms with Gasteiger partial charge in [0.25, 0.3) is 0 Å². The molecule has 0 spiro atoms. The minimum absolute atomic E-state index is 0.236. The molecule has 0 saturated carbocycles. The summed E-state index contributed by atoms with van der Waals surface area (Å²) in [6, 6.07) is 1.82. The average molecular weight is 232 g/mol. The van der Waals surface area contributed by atoms with Crippen LogP contribution in [0.3, 0.4) is 0 Å². The third-order valence-corrected chi connectivity index (χ3v) is 5.28. The first-order valence-electron chi connectivity index (χ1n) is 5.10. The van der Waals surface area contributed by atoms with Crippen molar-refractivity contribution < 1.29 is 19.1 Å². The maximum absolute atomic E-state index is 10.6. The topological polar surface area (TPSA) is 52.6 Å². The van der Waals surface area contributed by atoms with E-state index < -0.39 is 8.07 Å². The van der Waals surface area contributed by atoms with Gasteiger partial charge in [0.2, 0.25) is 0 Å². The first-order chi connectivity index (χ1) is 6.83. The Morgan fingerprint density at radius 3 is 1.53 bits per heavy atom. The summed E-state index contributed by atoms with van der Waals surface area (Å²) in [5.74, 6) is -0.473. The molecule has 0 rings (SSSR count). The molecule has 0 aromatic carbocycles. The molecule has 0 bridgehead atoms. The summed E-state index contributed by atoms with van der Waals surface area (Å²) < 4.78 is 9.79. The number of carbonyl (C=O) groups is 2. The van der Waals surface area contributed by atoms with Crippen molar-refractivity contribution in [2.45, 2.75) is 39.0 Å². The molecule has 0 aliphatic carbocycles. The predicted octanol–water partition coefficient (Wildman–Crippen LogP) is 1.82. The zero-order chi connectivity index (χ0) is 11.9. The molecule has 0 aliphatic heterocycles. The second-order valence-corrected chi connectivity index (χ2v) is 9.67. The van der Waals surface area contributed by atoms with Gasteiger partial charge in [0.1, 0.15) is 0 Å². The van der Waals surface area contributed by atoms with Crippen molar-refractivity contribution in [3.8, 4) is 0 Å². The fraction of sp³-hybridized carbons (Fsp3) is 0.800. The number of rotatable bonds is 6. The van der Waals surface area contributed by atoms with Gasteiger partial charge in [0.15, 0.2) is 0 Å². The summed E-state index contributed by atoms with van der Waals surface area (Å²) in [7, 11) is -1.39. The molecule has 5 heteroatoms. The summed E-state index contributed by atoms with van der Waals surface area (Å²) in [5.41, 5.74) is 0. The quantitative estimate of drug-likeness (QED) is 0.518. The molecule has 0 radical (unpaired) electrons. The Kier molecular flexibility index (Phi) is 6.23. The molecule has 0 aromatic rings. The maximum Gasteiger partial charge on any atom is 0.302 e. The van der Waals surface area contributed by atoms with Crippen molar-refractivity contribution in [3.63, 3.8) is 0 Å². The first-order valence-corrected chi connectivity index (χ1v) is 8.52. The molecule has 0 fully saturated rings. The Hall–Kier alpha value is -0.843. The zero-order valence-corrected chi connectivity index (χ0v) is 11.0. The highest BCUT2D eigenvalue weighted by molar-refractivity contribution is 6.77. The largest absolute Gasteiger partial charge is 0.466 e. The molecule has 0 N–H and O–H groups in total. The molecule has 0 saturated heterocycles. The summed E-state index contributed by atoms with van der Waals surface area (Å²) in [6.45, 7) is 8.17.